The number of para-hydroxylation sites is 1. The number of rotatable bonds is 6. The number of urea groups is 2. The summed E-state index contributed by atoms with van der Waals surface area (Å²) < 4.78 is 0. The van der Waals surface area contributed by atoms with Gasteiger partial charge in [-0.2, -0.15) is 0 Å². The van der Waals surface area contributed by atoms with Crippen LogP contribution in [0.2, 0.25) is 0 Å². The summed E-state index contributed by atoms with van der Waals surface area (Å²) in [5.41, 5.74) is 2.41. The third kappa shape index (κ3) is 4.66. The highest BCUT2D eigenvalue weighted by Gasteiger charge is 2.21. The van der Waals surface area contributed by atoms with Crippen molar-refractivity contribution in [3.05, 3.63) is 54.6 Å². The first-order valence-electron chi connectivity index (χ1n) is 8.64. The third-order valence-corrected chi connectivity index (χ3v) is 4.04. The minimum atomic E-state index is -0.282. The van der Waals surface area contributed by atoms with Gasteiger partial charge < -0.3 is 21.3 Å². The Balaban J connectivity index is 1.50. The van der Waals surface area contributed by atoms with E-state index in [9.17, 15) is 9.59 Å². The monoisotopic (exact) mass is 353 g/mol. The molecule has 2 aromatic rings. The van der Waals surface area contributed by atoms with Crippen LogP contribution in [0.4, 0.5) is 26.7 Å². The summed E-state index contributed by atoms with van der Waals surface area (Å²) in [5.74, 6) is 0. The molecule has 136 valence electrons. The lowest BCUT2D eigenvalue weighted by Crippen LogP contribution is -2.40. The summed E-state index contributed by atoms with van der Waals surface area (Å²) in [5, 5.41) is 11.7. The van der Waals surface area contributed by atoms with Gasteiger partial charge in [0, 0.05) is 42.7 Å². The highest BCUT2D eigenvalue weighted by atomic mass is 16.2. The zero-order valence-corrected chi connectivity index (χ0v) is 14.7. The third-order valence-electron chi connectivity index (χ3n) is 4.04. The van der Waals surface area contributed by atoms with E-state index in [1.165, 1.54) is 0 Å². The summed E-state index contributed by atoms with van der Waals surface area (Å²) in [6.45, 7) is 3.80. The van der Waals surface area contributed by atoms with Gasteiger partial charge in [0.15, 0.2) is 0 Å². The highest BCUT2D eigenvalue weighted by Crippen LogP contribution is 2.20. The molecule has 0 aliphatic carbocycles. The molecular formula is C19H23N5O2. The van der Waals surface area contributed by atoms with Gasteiger partial charge in [0.05, 0.1) is 0 Å². The van der Waals surface area contributed by atoms with Crippen molar-refractivity contribution in [2.75, 3.05) is 35.2 Å². The molecule has 0 radical (unpaired) electrons. The molecule has 1 aliphatic rings. The predicted molar refractivity (Wildman–Crippen MR) is 104 cm³/mol. The minimum absolute atomic E-state index is 0.0530. The molecular weight excluding hydrogens is 330 g/mol. The molecule has 0 bridgehead atoms. The standard InChI is InChI=1S/C19H23N5O2/c1-14(13-21-15-6-3-2-4-7-15)22-18(25)23-16-8-5-9-17(12-16)24-11-10-20-19(24)26/h2-9,12,14,21H,10-11,13H2,1H3,(H,20,26)(H2,22,23,25)/t14-/m0/s1. The first-order chi connectivity index (χ1) is 12.6. The van der Waals surface area contributed by atoms with Gasteiger partial charge in [0.25, 0.3) is 0 Å². The van der Waals surface area contributed by atoms with Crippen molar-refractivity contribution in [3.8, 4) is 0 Å². The number of nitrogens with zero attached hydrogens (tertiary/aromatic N) is 1. The average molecular weight is 353 g/mol. The van der Waals surface area contributed by atoms with E-state index in [1.807, 2.05) is 49.4 Å². The molecule has 7 heteroatoms. The van der Waals surface area contributed by atoms with Crippen LogP contribution < -0.4 is 26.2 Å². The molecule has 1 aliphatic heterocycles. The van der Waals surface area contributed by atoms with Gasteiger partial charge in [-0.25, -0.2) is 9.59 Å². The molecule has 4 amide bonds. The number of nitrogens with one attached hydrogen (secondary N) is 4. The normalized spacial score (nSPS) is 14.5. The fourth-order valence-corrected chi connectivity index (χ4v) is 2.74. The smallest absolute Gasteiger partial charge is 0.321 e. The first-order valence-corrected chi connectivity index (χ1v) is 8.64. The van der Waals surface area contributed by atoms with Crippen molar-refractivity contribution in [2.45, 2.75) is 13.0 Å². The number of anilines is 3. The number of hydrogen-bond donors (Lipinski definition) is 4. The van der Waals surface area contributed by atoms with Crippen molar-refractivity contribution in [1.82, 2.24) is 10.6 Å². The molecule has 1 saturated heterocycles. The van der Waals surface area contributed by atoms with Crippen LogP contribution in [-0.4, -0.2) is 37.7 Å². The van der Waals surface area contributed by atoms with E-state index in [-0.39, 0.29) is 18.1 Å². The highest BCUT2D eigenvalue weighted by molar-refractivity contribution is 5.95. The first kappa shape index (κ1) is 17.6. The maximum absolute atomic E-state index is 12.2. The molecule has 1 heterocycles. The summed E-state index contributed by atoms with van der Waals surface area (Å²) >= 11 is 0. The van der Waals surface area contributed by atoms with E-state index in [1.54, 1.807) is 17.0 Å². The number of carbonyl (C=O) groups excluding carboxylic acids is 2. The zero-order valence-electron chi connectivity index (χ0n) is 14.7. The Morgan fingerprint density at radius 2 is 1.92 bits per heavy atom. The molecule has 4 N–H and O–H groups in total. The summed E-state index contributed by atoms with van der Waals surface area (Å²) in [4.78, 5) is 25.6. The van der Waals surface area contributed by atoms with Crippen molar-refractivity contribution >= 4 is 29.1 Å². The van der Waals surface area contributed by atoms with E-state index in [4.69, 9.17) is 0 Å². The molecule has 0 aromatic heterocycles. The van der Waals surface area contributed by atoms with E-state index < -0.39 is 0 Å². The Morgan fingerprint density at radius 1 is 1.15 bits per heavy atom. The Labute approximate surface area is 152 Å². The molecule has 0 saturated carbocycles. The van der Waals surface area contributed by atoms with Gasteiger partial charge in [-0.3, -0.25) is 4.90 Å². The second-order valence-electron chi connectivity index (χ2n) is 6.18. The number of amides is 4. The summed E-state index contributed by atoms with van der Waals surface area (Å²) in [6.07, 6.45) is 0. The molecule has 0 unspecified atom stereocenters. The van der Waals surface area contributed by atoms with Gasteiger partial charge in [0.2, 0.25) is 0 Å². The number of carbonyl (C=O) groups is 2. The summed E-state index contributed by atoms with van der Waals surface area (Å²) in [7, 11) is 0. The van der Waals surface area contributed by atoms with E-state index in [0.717, 1.165) is 11.4 Å². The zero-order chi connectivity index (χ0) is 18.4. The molecule has 1 fully saturated rings. The Hall–Kier alpha value is -3.22. The maximum Gasteiger partial charge on any atom is 0.321 e. The van der Waals surface area contributed by atoms with Crippen LogP contribution >= 0.6 is 0 Å². The van der Waals surface area contributed by atoms with Gasteiger partial charge in [-0.1, -0.05) is 24.3 Å². The molecule has 26 heavy (non-hydrogen) atoms. The van der Waals surface area contributed by atoms with Crippen molar-refractivity contribution < 1.29 is 9.59 Å². The van der Waals surface area contributed by atoms with Gasteiger partial charge in [-0.15, -0.1) is 0 Å². The van der Waals surface area contributed by atoms with Gasteiger partial charge in [-0.05, 0) is 37.3 Å². The molecule has 0 spiro atoms. The largest absolute Gasteiger partial charge is 0.383 e. The lowest BCUT2D eigenvalue weighted by Gasteiger charge is -2.18. The van der Waals surface area contributed by atoms with Crippen LogP contribution in [0.25, 0.3) is 0 Å². The predicted octanol–water partition coefficient (Wildman–Crippen LogP) is 2.84. The quantitative estimate of drug-likeness (QED) is 0.644. The van der Waals surface area contributed by atoms with Crippen molar-refractivity contribution in [2.24, 2.45) is 0 Å². The van der Waals surface area contributed by atoms with Crippen molar-refractivity contribution in [3.63, 3.8) is 0 Å². The maximum atomic E-state index is 12.2. The fourth-order valence-electron chi connectivity index (χ4n) is 2.74. The lowest BCUT2D eigenvalue weighted by molar-refractivity contribution is 0.249. The molecule has 2 aromatic carbocycles. The fraction of sp³-hybridized carbons (Fsp3) is 0.263. The molecule has 7 nitrogen and oxygen atoms in total. The Kier molecular flexibility index (Phi) is 5.58. The van der Waals surface area contributed by atoms with Crippen LogP contribution in [0.5, 0.6) is 0 Å². The second kappa shape index (κ2) is 8.24. The van der Waals surface area contributed by atoms with Crippen LogP contribution in [0.3, 0.4) is 0 Å². The SMILES string of the molecule is C[C@@H](CNc1ccccc1)NC(=O)Nc1cccc(N2CCNC2=O)c1. The Morgan fingerprint density at radius 3 is 2.65 bits per heavy atom. The van der Waals surface area contributed by atoms with Crippen LogP contribution in [0.15, 0.2) is 54.6 Å². The van der Waals surface area contributed by atoms with Crippen molar-refractivity contribution in [1.29, 1.82) is 0 Å². The van der Waals surface area contributed by atoms with E-state index >= 15 is 0 Å². The molecule has 1 atom stereocenters. The average Bonchev–Trinajstić information content (AvgIpc) is 3.07. The van der Waals surface area contributed by atoms with E-state index in [0.29, 0.717) is 25.3 Å². The molecule has 3 rings (SSSR count). The topological polar surface area (TPSA) is 85.5 Å². The van der Waals surface area contributed by atoms with Crippen LogP contribution in [0, 0.1) is 0 Å². The second-order valence-corrected chi connectivity index (χ2v) is 6.18. The van der Waals surface area contributed by atoms with Gasteiger partial charge >= 0.3 is 12.1 Å². The lowest BCUT2D eigenvalue weighted by atomic mass is 10.2. The van der Waals surface area contributed by atoms with Gasteiger partial charge in [0.1, 0.15) is 0 Å². The number of hydrogen-bond acceptors (Lipinski definition) is 3. The Bertz CT molecular complexity index is 766. The van der Waals surface area contributed by atoms with Crippen LogP contribution in [0.1, 0.15) is 6.92 Å². The van der Waals surface area contributed by atoms with E-state index in [2.05, 4.69) is 21.3 Å². The minimum Gasteiger partial charge on any atom is -0.383 e. The number of benzene rings is 2. The summed E-state index contributed by atoms with van der Waals surface area (Å²) in [6, 6.07) is 16.6. The van der Waals surface area contributed by atoms with Crippen LogP contribution in [-0.2, 0) is 0 Å².